The molecule has 2 aromatic rings. The number of hydrogen-bond acceptors (Lipinski definition) is 7. The molecule has 0 aromatic heterocycles. The summed E-state index contributed by atoms with van der Waals surface area (Å²) in [7, 11) is 0. The summed E-state index contributed by atoms with van der Waals surface area (Å²) in [4.78, 5) is 0. The zero-order valence-corrected chi connectivity index (χ0v) is 18.6. The summed E-state index contributed by atoms with van der Waals surface area (Å²) < 4.78 is 17.4. The third-order valence-corrected chi connectivity index (χ3v) is 6.16. The van der Waals surface area contributed by atoms with Gasteiger partial charge in [-0.15, -0.1) is 0 Å². The summed E-state index contributed by atoms with van der Waals surface area (Å²) in [5.74, 6) is 0.530. The predicted molar refractivity (Wildman–Crippen MR) is 118 cm³/mol. The monoisotopic (exact) mass is 464 g/mol. The van der Waals surface area contributed by atoms with Gasteiger partial charge in [-0.3, -0.25) is 0 Å². The third kappa shape index (κ3) is 5.26. The Kier molecular flexibility index (Phi) is 7.37. The molecule has 4 N–H and O–H groups in total. The lowest BCUT2D eigenvalue weighted by Gasteiger charge is -2.40. The molecule has 1 heterocycles. The van der Waals surface area contributed by atoms with E-state index in [9.17, 15) is 20.4 Å². The predicted octanol–water partition coefficient (Wildman–Crippen LogP) is 2.35. The summed E-state index contributed by atoms with van der Waals surface area (Å²) in [5.41, 5.74) is 2.47. The molecular formula is C24H29ClO7. The van der Waals surface area contributed by atoms with Gasteiger partial charge in [-0.1, -0.05) is 41.9 Å². The highest BCUT2D eigenvalue weighted by Crippen LogP contribution is 2.36. The molecule has 1 aliphatic heterocycles. The maximum absolute atomic E-state index is 10.6. The first-order valence-corrected chi connectivity index (χ1v) is 11.2. The van der Waals surface area contributed by atoms with Gasteiger partial charge >= 0.3 is 0 Å². The number of ether oxygens (including phenoxy) is 3. The van der Waals surface area contributed by atoms with E-state index in [2.05, 4.69) is 0 Å². The number of rotatable bonds is 8. The van der Waals surface area contributed by atoms with Crippen LogP contribution in [0.25, 0.3) is 0 Å². The van der Waals surface area contributed by atoms with Crippen molar-refractivity contribution in [3.05, 3.63) is 64.2 Å². The summed E-state index contributed by atoms with van der Waals surface area (Å²) in [6.45, 7) is 1.37. The van der Waals surface area contributed by atoms with E-state index in [-0.39, 0.29) is 6.10 Å². The second-order valence-electron chi connectivity index (χ2n) is 8.41. The van der Waals surface area contributed by atoms with Gasteiger partial charge in [0.15, 0.2) is 6.29 Å². The third-order valence-electron chi connectivity index (χ3n) is 5.85. The zero-order chi connectivity index (χ0) is 22.8. The van der Waals surface area contributed by atoms with E-state index in [0.717, 1.165) is 24.0 Å². The maximum atomic E-state index is 10.6. The van der Waals surface area contributed by atoms with Gasteiger partial charge in [0.1, 0.15) is 36.3 Å². The summed E-state index contributed by atoms with van der Waals surface area (Å²) in [6, 6.07) is 12.9. The molecule has 6 atom stereocenters. The Morgan fingerprint density at radius 2 is 1.81 bits per heavy atom. The quantitative estimate of drug-likeness (QED) is 0.444. The molecule has 0 bridgehead atoms. The standard InChI is InChI=1S/C24H29ClO7/c1-13(30-16-7-8-16)31-19-11-14(6-9-18(19)25)10-15-4-2-3-5-17(15)24-23(29)22(28)21(27)20(12-26)32-24/h2-6,9,11,13,16,20-24,26-29H,7-8,10,12H2,1H3/t13?,20-,21-,22+,23-,24+/m1/s1. The van der Waals surface area contributed by atoms with Crippen molar-refractivity contribution in [3.63, 3.8) is 0 Å². The fraction of sp³-hybridized carbons (Fsp3) is 0.500. The number of benzene rings is 2. The van der Waals surface area contributed by atoms with Gasteiger partial charge in [0, 0.05) is 0 Å². The first kappa shape index (κ1) is 23.4. The second-order valence-corrected chi connectivity index (χ2v) is 8.82. The van der Waals surface area contributed by atoms with Crippen LogP contribution in [0.15, 0.2) is 42.5 Å². The largest absolute Gasteiger partial charge is 0.464 e. The summed E-state index contributed by atoms with van der Waals surface area (Å²) >= 11 is 6.32. The summed E-state index contributed by atoms with van der Waals surface area (Å²) in [5, 5.41) is 40.8. The second kappa shape index (κ2) is 10.1. The van der Waals surface area contributed by atoms with Gasteiger partial charge in [-0.05, 0) is 55.0 Å². The minimum atomic E-state index is -1.43. The van der Waals surface area contributed by atoms with Crippen molar-refractivity contribution in [2.75, 3.05) is 6.61 Å². The smallest absolute Gasteiger partial charge is 0.197 e. The van der Waals surface area contributed by atoms with Gasteiger partial charge < -0.3 is 34.6 Å². The van der Waals surface area contributed by atoms with Crippen LogP contribution in [0.5, 0.6) is 5.75 Å². The van der Waals surface area contributed by atoms with Crippen molar-refractivity contribution in [1.82, 2.24) is 0 Å². The average Bonchev–Trinajstić information content (AvgIpc) is 3.59. The van der Waals surface area contributed by atoms with E-state index < -0.39 is 43.4 Å². The Hall–Kier alpha value is -1.71. The van der Waals surface area contributed by atoms with Gasteiger partial charge in [0.05, 0.1) is 17.7 Å². The first-order valence-electron chi connectivity index (χ1n) is 10.9. The molecule has 2 aliphatic rings. The van der Waals surface area contributed by atoms with Crippen molar-refractivity contribution < 1.29 is 34.6 Å². The number of hydrogen-bond donors (Lipinski definition) is 4. The number of halogens is 1. The minimum Gasteiger partial charge on any atom is -0.464 e. The van der Waals surface area contributed by atoms with Crippen LogP contribution < -0.4 is 4.74 Å². The van der Waals surface area contributed by atoms with Crippen LogP contribution >= 0.6 is 11.6 Å². The molecule has 0 amide bonds. The molecule has 174 valence electrons. The lowest BCUT2D eigenvalue weighted by Crippen LogP contribution is -2.55. The van der Waals surface area contributed by atoms with Crippen LogP contribution in [0.2, 0.25) is 5.02 Å². The van der Waals surface area contributed by atoms with Gasteiger partial charge in [-0.25, -0.2) is 0 Å². The lowest BCUT2D eigenvalue weighted by molar-refractivity contribution is -0.231. The Bertz CT molecular complexity index is 917. The van der Waals surface area contributed by atoms with E-state index >= 15 is 0 Å². The summed E-state index contributed by atoms with van der Waals surface area (Å²) in [6.07, 6.45) is -3.56. The van der Waals surface area contributed by atoms with Crippen molar-refractivity contribution >= 4 is 11.6 Å². The van der Waals surface area contributed by atoms with Crippen molar-refractivity contribution in [2.45, 2.75) is 69.1 Å². The highest BCUT2D eigenvalue weighted by atomic mass is 35.5. The number of aliphatic hydroxyl groups is 4. The van der Waals surface area contributed by atoms with Crippen LogP contribution in [-0.4, -0.2) is 63.8 Å². The highest BCUT2D eigenvalue weighted by molar-refractivity contribution is 6.32. The van der Waals surface area contributed by atoms with Crippen LogP contribution in [-0.2, 0) is 15.9 Å². The molecule has 7 nitrogen and oxygen atoms in total. The topological polar surface area (TPSA) is 109 Å². The molecular weight excluding hydrogens is 436 g/mol. The Labute approximate surface area is 192 Å². The highest BCUT2D eigenvalue weighted by Gasteiger charge is 2.44. The molecule has 1 saturated carbocycles. The number of aliphatic hydroxyl groups excluding tert-OH is 4. The molecule has 8 heteroatoms. The van der Waals surface area contributed by atoms with E-state index in [4.69, 9.17) is 25.8 Å². The fourth-order valence-corrected chi connectivity index (χ4v) is 4.14. The van der Waals surface area contributed by atoms with Gasteiger partial charge in [-0.2, -0.15) is 0 Å². The van der Waals surface area contributed by atoms with Crippen molar-refractivity contribution in [2.24, 2.45) is 0 Å². The van der Waals surface area contributed by atoms with Crippen molar-refractivity contribution in [1.29, 1.82) is 0 Å². The molecule has 0 radical (unpaired) electrons. The maximum Gasteiger partial charge on any atom is 0.197 e. The van der Waals surface area contributed by atoms with E-state index in [1.54, 1.807) is 12.1 Å². The van der Waals surface area contributed by atoms with Crippen LogP contribution in [0.3, 0.4) is 0 Å². The fourth-order valence-electron chi connectivity index (χ4n) is 3.98. The molecule has 4 rings (SSSR count). The molecule has 0 spiro atoms. The minimum absolute atomic E-state index is 0.261. The molecule has 2 fully saturated rings. The SMILES string of the molecule is CC(Oc1cc(Cc2ccccc2[C@@H]2O[C@H](CO)[C@@H](O)[C@H](O)[C@H]2O)ccc1Cl)OC1CC1. The Balaban J connectivity index is 1.55. The molecule has 1 unspecified atom stereocenters. The normalized spacial score (nSPS) is 29.0. The lowest BCUT2D eigenvalue weighted by atomic mass is 9.87. The van der Waals surface area contributed by atoms with E-state index in [1.807, 2.05) is 37.3 Å². The van der Waals surface area contributed by atoms with E-state index in [0.29, 0.717) is 22.8 Å². The molecule has 32 heavy (non-hydrogen) atoms. The van der Waals surface area contributed by atoms with Gasteiger partial charge in [0.2, 0.25) is 0 Å². The van der Waals surface area contributed by atoms with Crippen LogP contribution in [0, 0.1) is 0 Å². The average molecular weight is 465 g/mol. The Morgan fingerprint density at radius 3 is 2.53 bits per heavy atom. The Morgan fingerprint density at radius 1 is 1.06 bits per heavy atom. The first-order chi connectivity index (χ1) is 15.4. The van der Waals surface area contributed by atoms with Gasteiger partial charge in [0.25, 0.3) is 0 Å². The van der Waals surface area contributed by atoms with Crippen molar-refractivity contribution in [3.8, 4) is 5.75 Å². The van der Waals surface area contributed by atoms with Crippen LogP contribution in [0.1, 0.15) is 42.6 Å². The zero-order valence-electron chi connectivity index (χ0n) is 17.8. The van der Waals surface area contributed by atoms with Crippen LogP contribution in [0.4, 0.5) is 0 Å². The molecule has 1 aliphatic carbocycles. The van der Waals surface area contributed by atoms with E-state index in [1.165, 1.54) is 0 Å². The molecule has 1 saturated heterocycles. The molecule has 2 aromatic carbocycles.